The summed E-state index contributed by atoms with van der Waals surface area (Å²) in [7, 11) is 3.56. The third kappa shape index (κ3) is 2.88. The van der Waals surface area contributed by atoms with Gasteiger partial charge in [0.1, 0.15) is 12.3 Å². The number of nitrogens with zero attached hydrogens (tertiary/aromatic N) is 3. The molecule has 2 aromatic heterocycles. The SMILES string of the molecule is CO[C@@H]1[C@H](N(C)C(=O)c2ccccc2)C[C@@H]2O[C@H]1n1c3ccccc3c3c4c(c5c6ccccc6n2c5c31)C(=O)NC4. The number of aromatic nitrogens is 2. The summed E-state index contributed by atoms with van der Waals surface area (Å²) in [6.45, 7) is 0.480. The maximum absolute atomic E-state index is 13.8. The first-order chi connectivity index (χ1) is 20.6. The Kier molecular flexibility index (Phi) is 4.82. The van der Waals surface area contributed by atoms with Gasteiger partial charge >= 0.3 is 0 Å². The molecule has 0 radical (unpaired) electrons. The molecule has 8 heteroatoms. The minimum Gasteiger partial charge on any atom is -0.375 e. The molecule has 1 saturated heterocycles. The van der Waals surface area contributed by atoms with Crippen LogP contribution in [0.1, 0.15) is 45.2 Å². The zero-order chi connectivity index (χ0) is 28.3. The number of fused-ring (bicyclic) bond motifs is 13. The molecule has 9 rings (SSSR count). The van der Waals surface area contributed by atoms with E-state index in [1.807, 2.05) is 66.5 Å². The fraction of sp³-hybridized carbons (Fsp3) is 0.235. The number of rotatable bonds is 3. The van der Waals surface area contributed by atoms with E-state index in [0.717, 1.165) is 54.7 Å². The number of hydrogen-bond acceptors (Lipinski definition) is 4. The molecule has 0 aliphatic carbocycles. The maximum atomic E-state index is 13.8. The highest BCUT2D eigenvalue weighted by atomic mass is 16.6. The van der Waals surface area contributed by atoms with Crippen molar-refractivity contribution in [1.29, 1.82) is 0 Å². The predicted octanol–water partition coefficient (Wildman–Crippen LogP) is 5.73. The molecule has 2 bridgehead atoms. The van der Waals surface area contributed by atoms with Gasteiger partial charge in [-0.05, 0) is 29.8 Å². The number of ether oxygens (including phenoxy) is 2. The Morgan fingerprint density at radius 2 is 1.55 bits per heavy atom. The Balaban J connectivity index is 1.40. The van der Waals surface area contributed by atoms with Crippen LogP contribution in [-0.4, -0.2) is 52.2 Å². The lowest BCUT2D eigenvalue weighted by Gasteiger charge is -2.44. The molecule has 42 heavy (non-hydrogen) atoms. The molecule has 208 valence electrons. The van der Waals surface area contributed by atoms with E-state index in [-0.39, 0.29) is 24.1 Å². The summed E-state index contributed by atoms with van der Waals surface area (Å²) >= 11 is 0. The summed E-state index contributed by atoms with van der Waals surface area (Å²) in [6.07, 6.45) is -0.788. The second kappa shape index (κ2) is 8.44. The third-order valence-electron chi connectivity index (χ3n) is 9.60. The molecule has 3 aliphatic rings. The predicted molar refractivity (Wildman–Crippen MR) is 161 cm³/mol. The van der Waals surface area contributed by atoms with Crippen molar-refractivity contribution in [3.63, 3.8) is 0 Å². The summed E-state index contributed by atoms with van der Waals surface area (Å²) in [5.74, 6) is -0.0971. The second-order valence-electron chi connectivity index (χ2n) is 11.5. The summed E-state index contributed by atoms with van der Waals surface area (Å²) in [5.41, 5.74) is 6.49. The van der Waals surface area contributed by atoms with E-state index in [1.54, 1.807) is 7.11 Å². The number of nitrogens with one attached hydrogen (secondary N) is 1. The van der Waals surface area contributed by atoms with Crippen LogP contribution in [0.2, 0.25) is 0 Å². The number of para-hydroxylation sites is 2. The van der Waals surface area contributed by atoms with Crippen molar-refractivity contribution in [3.05, 3.63) is 95.6 Å². The molecular formula is C34H28N4O4. The van der Waals surface area contributed by atoms with Crippen molar-refractivity contribution in [3.8, 4) is 0 Å². The zero-order valence-corrected chi connectivity index (χ0v) is 23.2. The summed E-state index contributed by atoms with van der Waals surface area (Å²) in [5, 5.41) is 7.26. The smallest absolute Gasteiger partial charge is 0.253 e. The highest BCUT2D eigenvalue weighted by molar-refractivity contribution is 6.30. The van der Waals surface area contributed by atoms with Gasteiger partial charge in [-0.3, -0.25) is 9.59 Å². The molecule has 1 N–H and O–H groups in total. The molecular weight excluding hydrogens is 528 g/mol. The molecule has 4 aromatic carbocycles. The zero-order valence-electron chi connectivity index (χ0n) is 23.2. The van der Waals surface area contributed by atoms with Crippen LogP contribution in [0.4, 0.5) is 0 Å². The van der Waals surface area contributed by atoms with E-state index < -0.39 is 12.3 Å². The standard InChI is InChI=1S/C34H28N4O4/c1-36(33(40)18-10-4-3-5-11-18)24-16-25-37-22-14-8-7-13-20(22)27-28-21(17-35-32(28)39)26-19-12-6-9-15-23(19)38(29(26)30(27)37)34(42-25)31(24)41-2/h3-15,24-25,31,34H,16-17H2,1-2H3,(H,35,39)/t24-,25+,31-,34-/m1/s1. The monoisotopic (exact) mass is 556 g/mol. The molecule has 3 aliphatic heterocycles. The highest BCUT2D eigenvalue weighted by Crippen LogP contribution is 2.52. The fourth-order valence-corrected chi connectivity index (χ4v) is 7.86. The van der Waals surface area contributed by atoms with Gasteiger partial charge < -0.3 is 28.8 Å². The summed E-state index contributed by atoms with van der Waals surface area (Å²) < 4.78 is 17.8. The van der Waals surface area contributed by atoms with Crippen LogP contribution in [0.3, 0.4) is 0 Å². The largest absolute Gasteiger partial charge is 0.375 e. The topological polar surface area (TPSA) is 77.7 Å². The van der Waals surface area contributed by atoms with E-state index in [0.29, 0.717) is 18.5 Å². The Morgan fingerprint density at radius 3 is 2.29 bits per heavy atom. The lowest BCUT2D eigenvalue weighted by Crippen LogP contribution is -2.53. The van der Waals surface area contributed by atoms with Crippen LogP contribution < -0.4 is 5.32 Å². The van der Waals surface area contributed by atoms with E-state index >= 15 is 0 Å². The fourth-order valence-electron chi connectivity index (χ4n) is 7.86. The van der Waals surface area contributed by atoms with Gasteiger partial charge in [0.05, 0.1) is 33.7 Å². The van der Waals surface area contributed by atoms with Crippen LogP contribution in [0.15, 0.2) is 78.9 Å². The molecule has 0 unspecified atom stereocenters. The maximum Gasteiger partial charge on any atom is 0.253 e. The number of carbonyl (C=O) groups is 2. The van der Waals surface area contributed by atoms with E-state index in [9.17, 15) is 9.59 Å². The van der Waals surface area contributed by atoms with Gasteiger partial charge in [0.15, 0.2) is 6.23 Å². The summed E-state index contributed by atoms with van der Waals surface area (Å²) in [6, 6.07) is 25.7. The normalized spacial score (nSPS) is 22.7. The van der Waals surface area contributed by atoms with Crippen molar-refractivity contribution >= 4 is 55.4 Å². The van der Waals surface area contributed by atoms with Crippen molar-refractivity contribution < 1.29 is 19.1 Å². The average molecular weight is 557 g/mol. The highest BCUT2D eigenvalue weighted by Gasteiger charge is 2.48. The van der Waals surface area contributed by atoms with Crippen molar-refractivity contribution in [2.24, 2.45) is 0 Å². The molecule has 8 nitrogen and oxygen atoms in total. The van der Waals surface area contributed by atoms with Crippen LogP contribution >= 0.6 is 0 Å². The molecule has 2 amide bonds. The van der Waals surface area contributed by atoms with E-state index in [1.165, 1.54) is 0 Å². The van der Waals surface area contributed by atoms with Crippen LogP contribution in [-0.2, 0) is 16.0 Å². The molecule has 0 saturated carbocycles. The Hall–Kier alpha value is -4.66. The van der Waals surface area contributed by atoms with E-state index in [4.69, 9.17) is 9.47 Å². The average Bonchev–Trinajstić information content (AvgIpc) is 3.67. The first-order valence-electron chi connectivity index (χ1n) is 14.4. The van der Waals surface area contributed by atoms with Gasteiger partial charge in [0.25, 0.3) is 11.8 Å². The number of amides is 2. The van der Waals surface area contributed by atoms with Gasteiger partial charge in [0, 0.05) is 54.2 Å². The molecule has 6 aromatic rings. The molecule has 1 fully saturated rings. The molecule has 5 heterocycles. The molecule has 0 spiro atoms. The number of carbonyl (C=O) groups excluding carboxylic acids is 2. The van der Waals surface area contributed by atoms with Crippen LogP contribution in [0.25, 0.3) is 43.6 Å². The first kappa shape index (κ1) is 24.0. The minimum absolute atomic E-state index is 0.0411. The van der Waals surface area contributed by atoms with Gasteiger partial charge in [-0.2, -0.15) is 0 Å². The van der Waals surface area contributed by atoms with Gasteiger partial charge in [-0.1, -0.05) is 54.6 Å². The minimum atomic E-state index is -0.503. The van der Waals surface area contributed by atoms with Crippen molar-refractivity contribution in [1.82, 2.24) is 19.4 Å². The second-order valence-corrected chi connectivity index (χ2v) is 11.5. The summed E-state index contributed by atoms with van der Waals surface area (Å²) in [4.78, 5) is 29.1. The van der Waals surface area contributed by atoms with Crippen molar-refractivity contribution in [2.75, 3.05) is 14.2 Å². The van der Waals surface area contributed by atoms with Gasteiger partial charge in [-0.25, -0.2) is 0 Å². The van der Waals surface area contributed by atoms with E-state index in [2.05, 4.69) is 38.7 Å². The Labute approximate surface area is 241 Å². The number of likely N-dealkylation sites (N-methyl/N-ethyl adjacent to an activating group) is 1. The Bertz CT molecular complexity index is 2130. The van der Waals surface area contributed by atoms with Crippen LogP contribution in [0, 0.1) is 0 Å². The quantitative estimate of drug-likeness (QED) is 0.302. The number of hydrogen-bond donors (Lipinski definition) is 1. The first-order valence-corrected chi connectivity index (χ1v) is 14.4. The third-order valence-corrected chi connectivity index (χ3v) is 9.60. The number of benzene rings is 4. The van der Waals surface area contributed by atoms with Gasteiger partial charge in [0.2, 0.25) is 0 Å². The van der Waals surface area contributed by atoms with Crippen molar-refractivity contribution in [2.45, 2.75) is 37.6 Å². The Morgan fingerprint density at radius 1 is 0.905 bits per heavy atom. The molecule has 4 atom stereocenters. The lowest BCUT2D eigenvalue weighted by atomic mass is 9.97. The van der Waals surface area contributed by atoms with Crippen LogP contribution in [0.5, 0.6) is 0 Å². The lowest BCUT2D eigenvalue weighted by molar-refractivity contribution is -0.203. The number of methoxy groups -OCH3 is 1. The van der Waals surface area contributed by atoms with Gasteiger partial charge in [-0.15, -0.1) is 0 Å².